The Morgan fingerprint density at radius 3 is 3.00 bits per heavy atom. The predicted molar refractivity (Wildman–Crippen MR) is 65.4 cm³/mol. The van der Waals surface area contributed by atoms with Crippen molar-refractivity contribution in [3.63, 3.8) is 0 Å². The lowest BCUT2D eigenvalue weighted by molar-refractivity contribution is 0.191. The third kappa shape index (κ3) is 3.87. The Kier molecular flexibility index (Phi) is 5.96. The molecule has 0 fully saturated rings. The van der Waals surface area contributed by atoms with E-state index in [2.05, 4.69) is 10.3 Å². The van der Waals surface area contributed by atoms with Gasteiger partial charge in [-0.25, -0.2) is 4.98 Å². The molecule has 0 bridgehead atoms. The summed E-state index contributed by atoms with van der Waals surface area (Å²) < 4.78 is 10.5. The molecule has 0 saturated carbocycles. The number of methoxy groups -OCH3 is 1. The molecule has 0 aliphatic carbocycles. The molecule has 1 aromatic heterocycles. The van der Waals surface area contributed by atoms with Gasteiger partial charge in [0.1, 0.15) is 0 Å². The predicted octanol–water partition coefficient (Wildman–Crippen LogP) is 2.15. The smallest absolute Gasteiger partial charge is 0.169 e. The number of halogens is 1. The van der Waals surface area contributed by atoms with Crippen molar-refractivity contribution in [1.82, 2.24) is 4.98 Å². The summed E-state index contributed by atoms with van der Waals surface area (Å²) in [5.41, 5.74) is 0. The molecule has 1 atom stereocenters. The van der Waals surface area contributed by atoms with Crippen molar-refractivity contribution in [3.05, 3.63) is 18.3 Å². The van der Waals surface area contributed by atoms with E-state index < -0.39 is 0 Å². The molecule has 1 unspecified atom stereocenters. The van der Waals surface area contributed by atoms with Crippen LogP contribution in [0.3, 0.4) is 0 Å². The van der Waals surface area contributed by atoms with E-state index in [1.807, 2.05) is 19.1 Å². The summed E-state index contributed by atoms with van der Waals surface area (Å²) in [6.45, 7) is 3.08. The molecule has 0 aliphatic rings. The highest BCUT2D eigenvalue weighted by Crippen LogP contribution is 2.21. The van der Waals surface area contributed by atoms with Gasteiger partial charge in [0.15, 0.2) is 11.6 Å². The van der Waals surface area contributed by atoms with Crippen LogP contribution in [-0.4, -0.2) is 37.2 Å². The summed E-state index contributed by atoms with van der Waals surface area (Å²) in [5, 5.41) is 3.19. The van der Waals surface area contributed by atoms with Gasteiger partial charge in [0, 0.05) is 19.2 Å². The number of ether oxygens (including phenoxy) is 2. The topological polar surface area (TPSA) is 43.4 Å². The first-order valence-corrected chi connectivity index (χ1v) is 5.74. The first-order valence-electron chi connectivity index (χ1n) is 5.21. The van der Waals surface area contributed by atoms with Gasteiger partial charge in [-0.05, 0) is 19.1 Å². The van der Waals surface area contributed by atoms with Gasteiger partial charge < -0.3 is 14.8 Å². The van der Waals surface area contributed by atoms with E-state index in [0.717, 1.165) is 5.75 Å². The molecule has 1 aromatic rings. The van der Waals surface area contributed by atoms with Gasteiger partial charge in [0.05, 0.1) is 19.3 Å². The molecule has 1 rings (SSSR count). The SMILES string of the molecule is CCOc1cccnc1NC(CCl)COC. The van der Waals surface area contributed by atoms with Gasteiger partial charge in [0.2, 0.25) is 0 Å². The largest absolute Gasteiger partial charge is 0.490 e. The fourth-order valence-corrected chi connectivity index (χ4v) is 1.46. The second-order valence-corrected chi connectivity index (χ2v) is 3.54. The highest BCUT2D eigenvalue weighted by molar-refractivity contribution is 6.18. The molecular formula is C11H17ClN2O2. The fraction of sp³-hybridized carbons (Fsp3) is 0.545. The van der Waals surface area contributed by atoms with Gasteiger partial charge in [-0.15, -0.1) is 11.6 Å². The molecule has 0 aliphatic heterocycles. The Labute approximate surface area is 101 Å². The van der Waals surface area contributed by atoms with E-state index in [1.54, 1.807) is 13.3 Å². The maximum absolute atomic E-state index is 5.81. The lowest BCUT2D eigenvalue weighted by Crippen LogP contribution is -2.27. The van der Waals surface area contributed by atoms with Gasteiger partial charge in [-0.1, -0.05) is 0 Å². The summed E-state index contributed by atoms with van der Waals surface area (Å²) in [7, 11) is 1.64. The number of nitrogens with one attached hydrogen (secondary N) is 1. The molecule has 0 saturated heterocycles. The van der Waals surface area contributed by atoms with Gasteiger partial charge in [-0.3, -0.25) is 0 Å². The van der Waals surface area contributed by atoms with E-state index in [9.17, 15) is 0 Å². The Balaban J connectivity index is 2.70. The van der Waals surface area contributed by atoms with Crippen LogP contribution in [0.4, 0.5) is 5.82 Å². The van der Waals surface area contributed by atoms with Crippen molar-refractivity contribution in [3.8, 4) is 5.75 Å². The van der Waals surface area contributed by atoms with Crippen LogP contribution in [0.5, 0.6) is 5.75 Å². The molecular weight excluding hydrogens is 228 g/mol. The van der Waals surface area contributed by atoms with Crippen molar-refractivity contribution in [1.29, 1.82) is 0 Å². The Morgan fingerprint density at radius 1 is 1.56 bits per heavy atom. The molecule has 5 heteroatoms. The molecule has 0 aromatic carbocycles. The van der Waals surface area contributed by atoms with Gasteiger partial charge in [-0.2, -0.15) is 0 Å². The molecule has 4 nitrogen and oxygen atoms in total. The summed E-state index contributed by atoms with van der Waals surface area (Å²) in [6.07, 6.45) is 1.71. The van der Waals surface area contributed by atoms with Crippen molar-refractivity contribution in [2.24, 2.45) is 0 Å². The third-order valence-electron chi connectivity index (χ3n) is 1.97. The Hall–Kier alpha value is -1.00. The molecule has 1 heterocycles. The first-order chi connectivity index (χ1) is 7.81. The number of anilines is 1. The van der Waals surface area contributed by atoms with Crippen LogP contribution in [0.2, 0.25) is 0 Å². The highest BCUT2D eigenvalue weighted by Gasteiger charge is 2.10. The first kappa shape index (κ1) is 13.1. The molecule has 0 radical (unpaired) electrons. The highest BCUT2D eigenvalue weighted by atomic mass is 35.5. The average Bonchev–Trinajstić information content (AvgIpc) is 2.31. The molecule has 16 heavy (non-hydrogen) atoms. The van der Waals surface area contributed by atoms with Crippen molar-refractivity contribution in [2.75, 3.05) is 31.5 Å². The van der Waals surface area contributed by atoms with Crippen LogP contribution in [0.1, 0.15) is 6.92 Å². The number of alkyl halides is 1. The van der Waals surface area contributed by atoms with E-state index >= 15 is 0 Å². The van der Waals surface area contributed by atoms with Crippen LogP contribution >= 0.6 is 11.6 Å². The number of rotatable bonds is 7. The van der Waals surface area contributed by atoms with E-state index in [0.29, 0.717) is 24.9 Å². The number of pyridine rings is 1. The van der Waals surface area contributed by atoms with E-state index in [1.165, 1.54) is 0 Å². The minimum atomic E-state index is 0.0285. The maximum atomic E-state index is 5.81. The second kappa shape index (κ2) is 7.30. The van der Waals surface area contributed by atoms with Gasteiger partial charge in [0.25, 0.3) is 0 Å². The van der Waals surface area contributed by atoms with Crippen LogP contribution in [-0.2, 0) is 4.74 Å². The Bertz CT molecular complexity index is 310. The fourth-order valence-electron chi connectivity index (χ4n) is 1.29. The number of nitrogens with zero attached hydrogens (tertiary/aromatic N) is 1. The average molecular weight is 245 g/mol. The van der Waals surface area contributed by atoms with Crippen LogP contribution < -0.4 is 10.1 Å². The minimum Gasteiger partial charge on any atom is -0.490 e. The zero-order chi connectivity index (χ0) is 11.8. The second-order valence-electron chi connectivity index (χ2n) is 3.23. The zero-order valence-electron chi connectivity index (χ0n) is 9.57. The minimum absolute atomic E-state index is 0.0285. The summed E-state index contributed by atoms with van der Waals surface area (Å²) in [4.78, 5) is 4.22. The van der Waals surface area contributed by atoms with Crippen LogP contribution in [0.25, 0.3) is 0 Å². The summed E-state index contributed by atoms with van der Waals surface area (Å²) >= 11 is 5.81. The Morgan fingerprint density at radius 2 is 2.38 bits per heavy atom. The zero-order valence-corrected chi connectivity index (χ0v) is 10.3. The number of aromatic nitrogens is 1. The quantitative estimate of drug-likeness (QED) is 0.747. The summed E-state index contributed by atoms with van der Waals surface area (Å²) in [6, 6.07) is 3.74. The monoisotopic (exact) mass is 244 g/mol. The molecule has 90 valence electrons. The lowest BCUT2D eigenvalue weighted by Gasteiger charge is -2.17. The maximum Gasteiger partial charge on any atom is 0.169 e. The third-order valence-corrected chi connectivity index (χ3v) is 2.34. The van der Waals surface area contributed by atoms with Crippen LogP contribution in [0, 0.1) is 0 Å². The van der Waals surface area contributed by atoms with Gasteiger partial charge >= 0.3 is 0 Å². The number of hydrogen-bond acceptors (Lipinski definition) is 4. The lowest BCUT2D eigenvalue weighted by atomic mass is 10.3. The molecule has 1 N–H and O–H groups in total. The van der Waals surface area contributed by atoms with E-state index in [4.69, 9.17) is 21.1 Å². The van der Waals surface area contributed by atoms with Crippen molar-refractivity contribution in [2.45, 2.75) is 13.0 Å². The van der Waals surface area contributed by atoms with Crippen molar-refractivity contribution >= 4 is 17.4 Å². The molecule has 0 amide bonds. The van der Waals surface area contributed by atoms with Crippen LogP contribution in [0.15, 0.2) is 18.3 Å². The van der Waals surface area contributed by atoms with E-state index in [-0.39, 0.29) is 6.04 Å². The normalized spacial score (nSPS) is 12.2. The standard InChI is InChI=1S/C11H17ClN2O2/c1-3-16-10-5-4-6-13-11(10)14-9(7-12)8-15-2/h4-6,9H,3,7-8H2,1-2H3,(H,13,14). The number of hydrogen-bond donors (Lipinski definition) is 1. The molecule has 0 spiro atoms. The van der Waals surface area contributed by atoms with Crippen molar-refractivity contribution < 1.29 is 9.47 Å². The summed E-state index contributed by atoms with van der Waals surface area (Å²) in [5.74, 6) is 1.89.